The molecule has 3 heteroatoms. The molecule has 4 fully saturated rings. The number of hydrogen-bond acceptors (Lipinski definition) is 1. The van der Waals surface area contributed by atoms with Crippen LogP contribution in [0.4, 0.5) is 0 Å². The predicted octanol–water partition coefficient (Wildman–Crippen LogP) is 2.76. The van der Waals surface area contributed by atoms with Gasteiger partial charge in [-0.25, -0.2) is 0 Å². The van der Waals surface area contributed by atoms with E-state index in [1.54, 1.807) is 0 Å². The monoisotopic (exact) mass is 223 g/mol. The second-order valence-corrected chi connectivity index (χ2v) is 5.28. The smallest absolute Gasteiger partial charge is 0.0162 e. The van der Waals surface area contributed by atoms with Crippen LogP contribution in [0.25, 0.3) is 0 Å². The quantitative estimate of drug-likeness (QED) is 0.672. The van der Waals surface area contributed by atoms with Gasteiger partial charge in [0.05, 0.1) is 0 Å². The maximum atomic E-state index is 6.32. The predicted molar refractivity (Wildman–Crippen MR) is 59.6 cm³/mol. The highest BCUT2D eigenvalue weighted by atomic mass is 35.5. The van der Waals surface area contributed by atoms with Crippen LogP contribution in [-0.2, 0) is 0 Å². The fourth-order valence-electron chi connectivity index (χ4n) is 4.18. The Labute approximate surface area is 92.7 Å². The minimum Gasteiger partial charge on any atom is -0.325 e. The molecule has 0 aromatic heterocycles. The van der Waals surface area contributed by atoms with Crippen LogP contribution in [0.5, 0.6) is 0 Å². The minimum atomic E-state index is 0. The zero-order chi connectivity index (χ0) is 7.47. The van der Waals surface area contributed by atoms with Gasteiger partial charge in [0.15, 0.2) is 0 Å². The lowest BCUT2D eigenvalue weighted by atomic mass is 9.53. The van der Waals surface area contributed by atoms with E-state index in [1.807, 2.05) is 0 Å². The summed E-state index contributed by atoms with van der Waals surface area (Å²) >= 11 is 0. The number of halogens is 2. The Morgan fingerprint density at radius 3 is 1.31 bits per heavy atom. The summed E-state index contributed by atoms with van der Waals surface area (Å²) < 4.78 is 0. The fraction of sp³-hybridized carbons (Fsp3) is 1.00. The highest BCUT2D eigenvalue weighted by molar-refractivity contribution is 5.85. The van der Waals surface area contributed by atoms with E-state index in [-0.39, 0.29) is 24.8 Å². The number of nitrogens with two attached hydrogens (primary N) is 1. The van der Waals surface area contributed by atoms with E-state index in [1.165, 1.54) is 38.5 Å². The van der Waals surface area contributed by atoms with Crippen LogP contribution in [0.15, 0.2) is 0 Å². The summed E-state index contributed by atoms with van der Waals surface area (Å²) in [5.41, 5.74) is 6.62. The Balaban J connectivity index is 0.000000422. The van der Waals surface area contributed by atoms with Crippen LogP contribution in [0.2, 0.25) is 0 Å². The van der Waals surface area contributed by atoms with Gasteiger partial charge in [-0.3, -0.25) is 0 Å². The van der Waals surface area contributed by atoms with Crippen LogP contribution in [0.3, 0.4) is 0 Å². The van der Waals surface area contributed by atoms with Crippen LogP contribution in [0.1, 0.15) is 38.5 Å². The van der Waals surface area contributed by atoms with Gasteiger partial charge in [-0.1, -0.05) is 0 Å². The highest BCUT2D eigenvalue weighted by Crippen LogP contribution is 2.54. The summed E-state index contributed by atoms with van der Waals surface area (Å²) in [6, 6.07) is 0. The molecule has 13 heavy (non-hydrogen) atoms. The first-order valence-electron chi connectivity index (χ1n) is 5.02. The number of hydrogen-bond donors (Lipinski definition) is 1. The van der Waals surface area contributed by atoms with E-state index in [9.17, 15) is 0 Å². The zero-order valence-electron chi connectivity index (χ0n) is 7.87. The van der Waals surface area contributed by atoms with Crippen molar-refractivity contribution < 1.29 is 0 Å². The second kappa shape index (κ2) is 3.60. The molecule has 0 aromatic carbocycles. The standard InChI is InChI=1S/C10H17N.2ClH/c11-10-4-7-1-8(5-10)3-9(2-7)6-10;;/h7-9H,1-6,11H2;2*1H. The molecule has 4 aliphatic rings. The van der Waals surface area contributed by atoms with Crippen molar-refractivity contribution in [3.8, 4) is 0 Å². The van der Waals surface area contributed by atoms with E-state index in [2.05, 4.69) is 0 Å². The summed E-state index contributed by atoms with van der Waals surface area (Å²) in [6.45, 7) is 0. The molecule has 4 rings (SSSR count). The third-order valence-electron chi connectivity index (χ3n) is 4.09. The summed E-state index contributed by atoms with van der Waals surface area (Å²) in [4.78, 5) is 0. The Bertz CT molecular complexity index is 158. The van der Waals surface area contributed by atoms with Crippen LogP contribution >= 0.6 is 24.8 Å². The number of rotatable bonds is 0. The molecule has 2 N–H and O–H groups in total. The Hall–Kier alpha value is 0.540. The molecular formula is C10H19Cl2N. The van der Waals surface area contributed by atoms with Gasteiger partial charge in [0.2, 0.25) is 0 Å². The van der Waals surface area contributed by atoms with E-state index in [4.69, 9.17) is 5.73 Å². The van der Waals surface area contributed by atoms with Gasteiger partial charge in [0.25, 0.3) is 0 Å². The molecule has 0 saturated heterocycles. The highest BCUT2D eigenvalue weighted by Gasteiger charge is 2.48. The molecule has 0 aliphatic heterocycles. The van der Waals surface area contributed by atoms with Crippen LogP contribution in [-0.4, -0.2) is 5.54 Å². The van der Waals surface area contributed by atoms with Crippen molar-refractivity contribution in [2.24, 2.45) is 23.5 Å². The maximum Gasteiger partial charge on any atom is 0.0162 e. The molecule has 0 heterocycles. The van der Waals surface area contributed by atoms with Gasteiger partial charge in [-0.15, -0.1) is 24.8 Å². The van der Waals surface area contributed by atoms with Gasteiger partial charge in [0.1, 0.15) is 0 Å². The van der Waals surface area contributed by atoms with Crippen molar-refractivity contribution in [3.63, 3.8) is 0 Å². The van der Waals surface area contributed by atoms with Crippen LogP contribution < -0.4 is 5.73 Å². The maximum absolute atomic E-state index is 6.32. The molecule has 0 aromatic rings. The van der Waals surface area contributed by atoms with Crippen molar-refractivity contribution in [2.75, 3.05) is 0 Å². The van der Waals surface area contributed by atoms with E-state index >= 15 is 0 Å². The van der Waals surface area contributed by atoms with Crippen LogP contribution in [0, 0.1) is 17.8 Å². The molecule has 0 unspecified atom stereocenters. The minimum absolute atomic E-state index is 0. The second-order valence-electron chi connectivity index (χ2n) is 5.28. The Morgan fingerprint density at radius 2 is 1.08 bits per heavy atom. The molecule has 0 spiro atoms. The molecular weight excluding hydrogens is 205 g/mol. The molecule has 0 amide bonds. The SMILES string of the molecule is Cl.Cl.NC12CC3CC(CC(C3)C1)C2. The third kappa shape index (κ3) is 1.84. The van der Waals surface area contributed by atoms with Crippen molar-refractivity contribution >= 4 is 24.8 Å². The van der Waals surface area contributed by atoms with Gasteiger partial charge in [-0.2, -0.15) is 0 Å². The lowest BCUT2D eigenvalue weighted by Gasteiger charge is -2.55. The molecule has 78 valence electrons. The molecule has 4 saturated carbocycles. The van der Waals surface area contributed by atoms with Gasteiger partial charge in [-0.05, 0) is 56.3 Å². The van der Waals surface area contributed by atoms with Gasteiger partial charge < -0.3 is 5.73 Å². The van der Waals surface area contributed by atoms with Gasteiger partial charge in [0, 0.05) is 5.54 Å². The zero-order valence-corrected chi connectivity index (χ0v) is 9.50. The Kier molecular flexibility index (Phi) is 3.22. The van der Waals surface area contributed by atoms with Crippen molar-refractivity contribution in [3.05, 3.63) is 0 Å². The molecule has 4 aliphatic carbocycles. The first kappa shape index (κ1) is 11.6. The van der Waals surface area contributed by atoms with E-state index in [0.717, 1.165) is 17.8 Å². The summed E-state index contributed by atoms with van der Waals surface area (Å²) in [5, 5.41) is 0. The summed E-state index contributed by atoms with van der Waals surface area (Å²) in [7, 11) is 0. The first-order chi connectivity index (χ1) is 5.23. The third-order valence-corrected chi connectivity index (χ3v) is 4.09. The normalized spacial score (nSPS) is 51.0. The summed E-state index contributed by atoms with van der Waals surface area (Å²) in [6.07, 6.45) is 8.57. The molecule has 4 bridgehead atoms. The van der Waals surface area contributed by atoms with E-state index in [0.29, 0.717) is 5.54 Å². The Morgan fingerprint density at radius 1 is 0.769 bits per heavy atom. The van der Waals surface area contributed by atoms with Crippen molar-refractivity contribution in [1.29, 1.82) is 0 Å². The topological polar surface area (TPSA) is 26.0 Å². The lowest BCUT2D eigenvalue weighted by molar-refractivity contribution is 0.000365. The fourth-order valence-corrected chi connectivity index (χ4v) is 4.18. The van der Waals surface area contributed by atoms with Crippen molar-refractivity contribution in [1.82, 2.24) is 0 Å². The van der Waals surface area contributed by atoms with Crippen molar-refractivity contribution in [2.45, 2.75) is 44.1 Å². The largest absolute Gasteiger partial charge is 0.325 e. The summed E-state index contributed by atoms with van der Waals surface area (Å²) in [5.74, 6) is 3.06. The molecule has 1 nitrogen and oxygen atoms in total. The van der Waals surface area contributed by atoms with E-state index < -0.39 is 0 Å². The first-order valence-corrected chi connectivity index (χ1v) is 5.02. The molecule has 0 atom stereocenters. The van der Waals surface area contributed by atoms with Gasteiger partial charge >= 0.3 is 0 Å². The average Bonchev–Trinajstić information content (AvgIpc) is 1.79. The lowest BCUT2D eigenvalue weighted by Crippen LogP contribution is -2.55. The molecule has 0 radical (unpaired) electrons. The average molecular weight is 224 g/mol.